The van der Waals surface area contributed by atoms with Crippen molar-refractivity contribution in [3.63, 3.8) is 0 Å². The second kappa shape index (κ2) is 10.1. The van der Waals surface area contributed by atoms with Crippen LogP contribution in [0.4, 0.5) is 0 Å². The molecule has 1 unspecified atom stereocenters. The van der Waals surface area contributed by atoms with Crippen molar-refractivity contribution in [1.29, 1.82) is 5.26 Å². The van der Waals surface area contributed by atoms with E-state index >= 15 is 0 Å². The molecule has 142 valence electrons. The number of hydrogen-bond acceptors (Lipinski definition) is 6. The van der Waals surface area contributed by atoms with Gasteiger partial charge in [0.15, 0.2) is 0 Å². The second-order valence-corrected chi connectivity index (χ2v) is 9.85. The molecule has 1 N–H and O–H groups in total. The molecule has 28 heavy (non-hydrogen) atoms. The number of allylic oxidation sites excluding steroid dienone is 1. The van der Waals surface area contributed by atoms with Crippen LogP contribution < -0.4 is 5.32 Å². The second-order valence-electron chi connectivity index (χ2n) is 5.90. The van der Waals surface area contributed by atoms with Crippen molar-refractivity contribution in [3.8, 4) is 6.07 Å². The van der Waals surface area contributed by atoms with E-state index in [9.17, 15) is 5.26 Å². The van der Waals surface area contributed by atoms with Gasteiger partial charge >= 0.3 is 0 Å². The number of hydrogen-bond donors (Lipinski definition) is 1. The van der Waals surface area contributed by atoms with E-state index in [2.05, 4.69) is 48.5 Å². The summed E-state index contributed by atoms with van der Waals surface area (Å²) in [7, 11) is 0. The molecule has 0 aliphatic carbocycles. The van der Waals surface area contributed by atoms with E-state index in [0.29, 0.717) is 0 Å². The van der Waals surface area contributed by atoms with Crippen molar-refractivity contribution >= 4 is 57.0 Å². The molecule has 0 spiro atoms. The molecule has 0 saturated carbocycles. The lowest BCUT2D eigenvalue weighted by molar-refractivity contribution is 0.948. The fraction of sp³-hybridized carbons (Fsp3) is 0.182. The third-order valence-corrected chi connectivity index (χ3v) is 7.48. The van der Waals surface area contributed by atoms with Crippen molar-refractivity contribution in [1.82, 2.24) is 5.32 Å². The summed E-state index contributed by atoms with van der Waals surface area (Å²) in [6.07, 6.45) is 1.85. The Labute approximate surface area is 184 Å². The Kier molecular flexibility index (Phi) is 7.57. The fourth-order valence-electron chi connectivity index (χ4n) is 3.04. The molecule has 2 nitrogen and oxygen atoms in total. The van der Waals surface area contributed by atoms with E-state index in [4.69, 9.17) is 12.2 Å². The minimum Gasteiger partial charge on any atom is -0.349 e. The Hall–Kier alpha value is -1.78. The SMILES string of the molecule is C=CCSC1=C(C#N)C(c2cccs2)C(C(=S)SCC)=C(c2ccccc2)N1. The number of rotatable bonds is 7. The van der Waals surface area contributed by atoms with Crippen LogP contribution in [0.2, 0.25) is 0 Å². The number of benzene rings is 1. The van der Waals surface area contributed by atoms with Crippen LogP contribution in [0.25, 0.3) is 5.70 Å². The molecule has 1 aliphatic rings. The summed E-state index contributed by atoms with van der Waals surface area (Å²) >= 11 is 10.8. The third-order valence-electron chi connectivity index (χ3n) is 4.18. The minimum absolute atomic E-state index is 0.152. The van der Waals surface area contributed by atoms with Crippen molar-refractivity contribution in [3.05, 3.63) is 87.1 Å². The van der Waals surface area contributed by atoms with Crippen LogP contribution in [0.1, 0.15) is 23.3 Å². The van der Waals surface area contributed by atoms with E-state index in [1.165, 1.54) is 0 Å². The van der Waals surface area contributed by atoms with Gasteiger partial charge < -0.3 is 5.32 Å². The number of thioether (sulfide) groups is 2. The highest BCUT2D eigenvalue weighted by atomic mass is 32.2. The Morgan fingerprint density at radius 1 is 1.32 bits per heavy atom. The lowest BCUT2D eigenvalue weighted by Gasteiger charge is -2.31. The Bertz CT molecular complexity index is 950. The summed E-state index contributed by atoms with van der Waals surface area (Å²) in [6.45, 7) is 5.92. The maximum Gasteiger partial charge on any atom is 0.0985 e. The summed E-state index contributed by atoms with van der Waals surface area (Å²) in [6, 6.07) is 16.8. The monoisotopic (exact) mass is 440 g/mol. The Balaban J connectivity index is 2.24. The van der Waals surface area contributed by atoms with E-state index in [0.717, 1.165) is 48.0 Å². The standard InChI is InChI=1S/C22H20N2S4/c1-3-12-28-21-16(14-23)18(17-11-8-13-27-17)19(22(25)26-4-2)20(24-21)15-9-6-5-7-10-15/h3,5-11,13,18,24H,1,4,12H2,2H3. The highest BCUT2D eigenvalue weighted by Crippen LogP contribution is 2.46. The third kappa shape index (κ3) is 4.44. The maximum absolute atomic E-state index is 10.1. The first-order valence-electron chi connectivity index (χ1n) is 8.86. The van der Waals surface area contributed by atoms with E-state index < -0.39 is 0 Å². The van der Waals surface area contributed by atoms with Gasteiger partial charge in [-0.1, -0.05) is 61.6 Å². The first-order valence-corrected chi connectivity index (χ1v) is 12.1. The largest absolute Gasteiger partial charge is 0.349 e. The molecule has 1 aliphatic heterocycles. The zero-order valence-corrected chi connectivity index (χ0v) is 18.7. The van der Waals surface area contributed by atoms with Gasteiger partial charge in [-0.2, -0.15) is 5.26 Å². The predicted molar refractivity (Wildman–Crippen MR) is 130 cm³/mol. The van der Waals surface area contributed by atoms with Gasteiger partial charge in [0.25, 0.3) is 0 Å². The van der Waals surface area contributed by atoms with Gasteiger partial charge in [-0.3, -0.25) is 0 Å². The minimum atomic E-state index is -0.152. The lowest BCUT2D eigenvalue weighted by atomic mass is 9.86. The highest BCUT2D eigenvalue weighted by Gasteiger charge is 2.35. The van der Waals surface area contributed by atoms with Crippen LogP contribution in [0.3, 0.4) is 0 Å². The molecular formula is C22H20N2S4. The molecule has 2 aromatic rings. The van der Waals surface area contributed by atoms with Crippen LogP contribution in [0.5, 0.6) is 0 Å². The van der Waals surface area contributed by atoms with Crippen LogP contribution in [0.15, 0.2) is 76.7 Å². The number of thiocarbonyl (C=S) groups is 1. The number of nitriles is 1. The van der Waals surface area contributed by atoms with Gasteiger partial charge in [0.1, 0.15) is 0 Å². The predicted octanol–water partition coefficient (Wildman–Crippen LogP) is 6.58. The number of dihydropyridines is 1. The topological polar surface area (TPSA) is 35.8 Å². The zero-order chi connectivity index (χ0) is 19.9. The zero-order valence-electron chi connectivity index (χ0n) is 15.5. The molecule has 1 aromatic carbocycles. The average molecular weight is 441 g/mol. The summed E-state index contributed by atoms with van der Waals surface area (Å²) < 4.78 is 0.841. The van der Waals surface area contributed by atoms with Crippen molar-refractivity contribution < 1.29 is 0 Å². The summed E-state index contributed by atoms with van der Waals surface area (Å²) in [5.41, 5.74) is 3.82. The molecule has 2 heterocycles. The number of nitrogens with one attached hydrogen (secondary N) is 1. The van der Waals surface area contributed by atoms with Gasteiger partial charge in [0, 0.05) is 16.2 Å². The fourth-order valence-corrected chi connectivity index (χ4v) is 5.87. The first kappa shape index (κ1) is 20.9. The van der Waals surface area contributed by atoms with Gasteiger partial charge in [0.2, 0.25) is 0 Å². The Morgan fingerprint density at radius 3 is 2.71 bits per heavy atom. The van der Waals surface area contributed by atoms with Crippen LogP contribution in [0, 0.1) is 11.3 Å². The van der Waals surface area contributed by atoms with Crippen LogP contribution in [-0.4, -0.2) is 15.7 Å². The number of thiophene rings is 1. The van der Waals surface area contributed by atoms with Gasteiger partial charge in [-0.05, 0) is 22.8 Å². The first-order chi connectivity index (χ1) is 13.7. The van der Waals surface area contributed by atoms with Crippen LogP contribution in [-0.2, 0) is 0 Å². The quantitative estimate of drug-likeness (QED) is 0.389. The summed E-state index contributed by atoms with van der Waals surface area (Å²) in [5.74, 6) is 1.47. The summed E-state index contributed by atoms with van der Waals surface area (Å²) in [5, 5.41) is 16.5. The van der Waals surface area contributed by atoms with E-state index in [1.54, 1.807) is 34.9 Å². The van der Waals surface area contributed by atoms with Crippen LogP contribution >= 0.6 is 47.1 Å². The Morgan fingerprint density at radius 2 is 2.11 bits per heavy atom. The molecule has 0 bridgehead atoms. The lowest BCUT2D eigenvalue weighted by Crippen LogP contribution is -2.26. The molecule has 0 saturated heterocycles. The summed E-state index contributed by atoms with van der Waals surface area (Å²) in [4.78, 5) is 1.14. The average Bonchev–Trinajstić information content (AvgIpc) is 3.26. The van der Waals surface area contributed by atoms with Crippen molar-refractivity contribution in [2.75, 3.05) is 11.5 Å². The normalized spacial score (nSPS) is 16.5. The number of nitrogens with zero attached hydrogens (tertiary/aromatic N) is 1. The highest BCUT2D eigenvalue weighted by molar-refractivity contribution is 8.23. The van der Waals surface area contributed by atoms with E-state index in [-0.39, 0.29) is 5.92 Å². The van der Waals surface area contributed by atoms with Gasteiger partial charge in [0.05, 0.1) is 32.5 Å². The molecule has 1 aromatic heterocycles. The molecular weight excluding hydrogens is 421 g/mol. The molecule has 0 fully saturated rings. The van der Waals surface area contributed by atoms with E-state index in [1.807, 2.05) is 30.3 Å². The van der Waals surface area contributed by atoms with Gasteiger partial charge in [-0.25, -0.2) is 0 Å². The molecule has 1 atom stereocenters. The molecule has 0 amide bonds. The maximum atomic E-state index is 10.1. The van der Waals surface area contributed by atoms with Crippen molar-refractivity contribution in [2.24, 2.45) is 0 Å². The smallest absolute Gasteiger partial charge is 0.0985 e. The molecule has 6 heteroatoms. The van der Waals surface area contributed by atoms with Gasteiger partial charge in [-0.15, -0.1) is 41.4 Å². The molecule has 3 rings (SSSR count). The van der Waals surface area contributed by atoms with Crippen molar-refractivity contribution in [2.45, 2.75) is 12.8 Å². The molecule has 0 radical (unpaired) electrons.